The van der Waals surface area contributed by atoms with E-state index in [-0.39, 0.29) is 5.56 Å². The molecule has 0 aliphatic carbocycles. The molecule has 0 aromatic carbocycles. The zero-order valence-corrected chi connectivity index (χ0v) is 9.87. The fraction of sp³-hybridized carbons (Fsp3) is 0.636. The van der Waals surface area contributed by atoms with Crippen molar-refractivity contribution in [1.29, 1.82) is 0 Å². The number of aromatic nitrogens is 2. The number of H-pyrrole nitrogens is 1. The summed E-state index contributed by atoms with van der Waals surface area (Å²) in [5.41, 5.74) is 0.815. The number of hydrogen-bond acceptors (Lipinski definition) is 3. The second-order valence-corrected chi connectivity index (χ2v) is 4.32. The Kier molecular flexibility index (Phi) is 4.03. The summed E-state index contributed by atoms with van der Waals surface area (Å²) in [6.45, 7) is 4.97. The Morgan fingerprint density at radius 3 is 2.67 bits per heavy atom. The minimum atomic E-state index is -0.0533. The normalized spacial score (nSPS) is 11.3. The van der Waals surface area contributed by atoms with Crippen LogP contribution in [0.3, 0.4) is 0 Å². The Hall–Kier alpha value is -1.16. The van der Waals surface area contributed by atoms with Crippen molar-refractivity contribution in [3.63, 3.8) is 0 Å². The second kappa shape index (κ2) is 5.07. The van der Waals surface area contributed by atoms with Gasteiger partial charge >= 0.3 is 0 Å². The molecule has 4 nitrogen and oxygen atoms in total. The number of nitrogens with zero attached hydrogens (tertiary/aromatic N) is 2. The van der Waals surface area contributed by atoms with Crippen LogP contribution in [0, 0.1) is 0 Å². The van der Waals surface area contributed by atoms with Crippen LogP contribution in [0.2, 0.25) is 0 Å². The summed E-state index contributed by atoms with van der Waals surface area (Å²) in [5.74, 6) is 1.07. The molecule has 84 valence electrons. The monoisotopic (exact) mass is 209 g/mol. The maximum Gasteiger partial charge on any atom is 0.251 e. The van der Waals surface area contributed by atoms with E-state index in [1.165, 1.54) is 0 Å². The number of rotatable bonds is 4. The van der Waals surface area contributed by atoms with Gasteiger partial charge in [0, 0.05) is 19.0 Å². The molecule has 0 saturated heterocycles. The number of likely N-dealkylation sites (N-methyl/N-ethyl adjacent to an activating group) is 1. The Morgan fingerprint density at radius 2 is 2.13 bits per heavy atom. The van der Waals surface area contributed by atoms with Crippen LogP contribution in [0.4, 0.5) is 0 Å². The average Bonchev–Trinajstić information content (AvgIpc) is 2.13. The maximum absolute atomic E-state index is 11.4. The summed E-state index contributed by atoms with van der Waals surface area (Å²) in [6.07, 6.45) is 0.781. The summed E-state index contributed by atoms with van der Waals surface area (Å²) in [6, 6.07) is 1.57. The van der Waals surface area contributed by atoms with Crippen molar-refractivity contribution in [3.8, 4) is 0 Å². The highest BCUT2D eigenvalue weighted by atomic mass is 16.1. The van der Waals surface area contributed by atoms with Gasteiger partial charge in [-0.05, 0) is 20.0 Å². The van der Waals surface area contributed by atoms with E-state index in [2.05, 4.69) is 14.9 Å². The molecular weight excluding hydrogens is 190 g/mol. The average molecular weight is 209 g/mol. The molecule has 0 amide bonds. The van der Waals surface area contributed by atoms with Crippen LogP contribution in [0.1, 0.15) is 31.3 Å². The second-order valence-electron chi connectivity index (χ2n) is 4.32. The third-order valence-electron chi connectivity index (χ3n) is 2.20. The van der Waals surface area contributed by atoms with E-state index in [4.69, 9.17) is 0 Å². The number of aromatic amines is 1. The van der Waals surface area contributed by atoms with Crippen molar-refractivity contribution >= 4 is 0 Å². The Bertz CT molecular complexity index is 368. The van der Waals surface area contributed by atoms with Gasteiger partial charge in [0.25, 0.3) is 5.56 Å². The Morgan fingerprint density at radius 1 is 1.47 bits per heavy atom. The standard InChI is InChI=1S/C11H19N3O/c1-8(2)9-7-11(15)13-10(12-9)5-6-14(3)4/h7-8H,5-6H2,1-4H3,(H,12,13,15). The third kappa shape index (κ3) is 3.83. The van der Waals surface area contributed by atoms with E-state index in [1.54, 1.807) is 6.07 Å². The van der Waals surface area contributed by atoms with Gasteiger partial charge < -0.3 is 9.88 Å². The van der Waals surface area contributed by atoms with E-state index >= 15 is 0 Å². The predicted molar refractivity (Wildman–Crippen MR) is 61.2 cm³/mol. The predicted octanol–water partition coefficient (Wildman–Crippen LogP) is 0.997. The molecule has 15 heavy (non-hydrogen) atoms. The van der Waals surface area contributed by atoms with E-state index in [1.807, 2.05) is 27.9 Å². The smallest absolute Gasteiger partial charge is 0.251 e. The molecule has 0 unspecified atom stereocenters. The topological polar surface area (TPSA) is 49.0 Å². The molecule has 4 heteroatoms. The molecule has 1 aromatic rings. The van der Waals surface area contributed by atoms with Crippen molar-refractivity contribution in [2.45, 2.75) is 26.2 Å². The minimum Gasteiger partial charge on any atom is -0.311 e. The zero-order valence-electron chi connectivity index (χ0n) is 9.87. The van der Waals surface area contributed by atoms with Gasteiger partial charge in [0.2, 0.25) is 0 Å². The fourth-order valence-corrected chi connectivity index (χ4v) is 1.27. The molecular formula is C11H19N3O. The first-order chi connectivity index (χ1) is 6.99. The highest BCUT2D eigenvalue weighted by Crippen LogP contribution is 2.08. The summed E-state index contributed by atoms with van der Waals surface area (Å²) in [4.78, 5) is 20.6. The molecule has 0 fully saturated rings. The van der Waals surface area contributed by atoms with Gasteiger partial charge in [-0.1, -0.05) is 13.8 Å². The van der Waals surface area contributed by atoms with Gasteiger partial charge in [0.15, 0.2) is 0 Å². The van der Waals surface area contributed by atoms with Gasteiger partial charge in [-0.25, -0.2) is 4.98 Å². The van der Waals surface area contributed by atoms with E-state index in [9.17, 15) is 4.79 Å². The highest BCUT2D eigenvalue weighted by Gasteiger charge is 2.05. The zero-order chi connectivity index (χ0) is 11.4. The van der Waals surface area contributed by atoms with Crippen LogP contribution >= 0.6 is 0 Å². The van der Waals surface area contributed by atoms with E-state index in [0.717, 1.165) is 24.5 Å². The van der Waals surface area contributed by atoms with Crippen LogP contribution in [-0.2, 0) is 6.42 Å². The number of hydrogen-bond donors (Lipinski definition) is 1. The van der Waals surface area contributed by atoms with E-state index < -0.39 is 0 Å². The van der Waals surface area contributed by atoms with Gasteiger partial charge in [-0.15, -0.1) is 0 Å². The van der Waals surface area contributed by atoms with Crippen LogP contribution in [-0.4, -0.2) is 35.5 Å². The maximum atomic E-state index is 11.4. The lowest BCUT2D eigenvalue weighted by Gasteiger charge is -2.10. The Balaban J connectivity index is 2.84. The van der Waals surface area contributed by atoms with Crippen molar-refractivity contribution < 1.29 is 0 Å². The van der Waals surface area contributed by atoms with Gasteiger partial charge in [0.1, 0.15) is 5.82 Å². The quantitative estimate of drug-likeness (QED) is 0.804. The lowest BCUT2D eigenvalue weighted by atomic mass is 10.1. The number of nitrogens with one attached hydrogen (secondary N) is 1. The molecule has 1 N–H and O–H groups in total. The molecule has 0 aliphatic rings. The summed E-state index contributed by atoms with van der Waals surface area (Å²) >= 11 is 0. The SMILES string of the molecule is CC(C)c1cc(=O)[nH]c(CCN(C)C)n1. The summed E-state index contributed by atoms with van der Waals surface area (Å²) in [5, 5.41) is 0. The van der Waals surface area contributed by atoms with Crippen LogP contribution in [0.15, 0.2) is 10.9 Å². The van der Waals surface area contributed by atoms with Crippen molar-refractivity contribution in [2.24, 2.45) is 0 Å². The summed E-state index contributed by atoms with van der Waals surface area (Å²) < 4.78 is 0. The molecule has 0 spiro atoms. The largest absolute Gasteiger partial charge is 0.311 e. The molecule has 1 aromatic heterocycles. The van der Waals surface area contributed by atoms with Crippen LogP contribution in [0.5, 0.6) is 0 Å². The minimum absolute atomic E-state index is 0.0533. The first-order valence-corrected chi connectivity index (χ1v) is 5.24. The van der Waals surface area contributed by atoms with Gasteiger partial charge in [-0.2, -0.15) is 0 Å². The molecule has 0 bridgehead atoms. The highest BCUT2D eigenvalue weighted by molar-refractivity contribution is 5.07. The molecule has 0 saturated carbocycles. The Labute approximate surface area is 90.3 Å². The molecule has 0 aliphatic heterocycles. The molecule has 0 atom stereocenters. The molecule has 1 heterocycles. The van der Waals surface area contributed by atoms with Crippen LogP contribution in [0.25, 0.3) is 0 Å². The fourth-order valence-electron chi connectivity index (χ4n) is 1.27. The van der Waals surface area contributed by atoms with Gasteiger partial charge in [0.05, 0.1) is 5.69 Å². The van der Waals surface area contributed by atoms with Crippen molar-refractivity contribution in [3.05, 3.63) is 27.9 Å². The van der Waals surface area contributed by atoms with Gasteiger partial charge in [-0.3, -0.25) is 4.79 Å². The lowest BCUT2D eigenvalue weighted by molar-refractivity contribution is 0.409. The van der Waals surface area contributed by atoms with E-state index in [0.29, 0.717) is 5.92 Å². The molecule has 0 radical (unpaired) electrons. The van der Waals surface area contributed by atoms with Crippen LogP contribution < -0.4 is 5.56 Å². The third-order valence-corrected chi connectivity index (χ3v) is 2.20. The first kappa shape index (κ1) is 11.9. The van der Waals surface area contributed by atoms with Crippen molar-refractivity contribution in [2.75, 3.05) is 20.6 Å². The van der Waals surface area contributed by atoms with Crippen molar-refractivity contribution in [1.82, 2.24) is 14.9 Å². The summed E-state index contributed by atoms with van der Waals surface area (Å²) in [7, 11) is 4.01. The lowest BCUT2D eigenvalue weighted by Crippen LogP contribution is -2.20. The first-order valence-electron chi connectivity index (χ1n) is 5.24. The molecule has 1 rings (SSSR count).